The van der Waals surface area contributed by atoms with Gasteiger partial charge >= 0.3 is 5.97 Å². The van der Waals surface area contributed by atoms with E-state index in [9.17, 15) is 9.90 Å². The minimum absolute atomic E-state index is 0. The predicted octanol–water partition coefficient (Wildman–Crippen LogP) is 1.37. The van der Waals surface area contributed by atoms with Gasteiger partial charge in [-0.05, 0) is 12.1 Å². The molecule has 1 aromatic rings. The summed E-state index contributed by atoms with van der Waals surface area (Å²) in [5.74, 6) is -1.13. The lowest BCUT2D eigenvalue weighted by Gasteiger charge is -1.85. The van der Waals surface area contributed by atoms with Crippen LogP contribution >= 0.6 is 13.5 Å². The van der Waals surface area contributed by atoms with Gasteiger partial charge in [-0.1, -0.05) is 18.2 Å². The molecule has 0 spiro atoms. The van der Waals surface area contributed by atoms with Crippen molar-refractivity contribution >= 4 is 19.5 Å². The number of benzene rings is 1. The summed E-state index contributed by atoms with van der Waals surface area (Å²) >= 11 is 0. The molecule has 0 aliphatic carbocycles. The molecule has 0 bridgehead atoms. The summed E-state index contributed by atoms with van der Waals surface area (Å²) in [7, 11) is 0. The van der Waals surface area contributed by atoms with Crippen molar-refractivity contribution in [2.45, 2.75) is 0 Å². The molecule has 53 valence electrons. The number of hydrogen-bond acceptors (Lipinski definition) is 1. The van der Waals surface area contributed by atoms with Crippen molar-refractivity contribution in [3.8, 4) is 0 Å². The molecule has 0 heterocycles. The van der Waals surface area contributed by atoms with Gasteiger partial charge in [0.2, 0.25) is 0 Å². The molecule has 1 rings (SSSR count). The average Bonchev–Trinajstić information content (AvgIpc) is 1.90. The summed E-state index contributed by atoms with van der Waals surface area (Å²) in [6, 6.07) is 8.06. The lowest BCUT2D eigenvalue weighted by Crippen LogP contribution is -1.91. The molecule has 0 amide bonds. The number of rotatable bonds is 1. The maximum Gasteiger partial charge on any atom is 0.386 e. The van der Waals surface area contributed by atoms with E-state index in [-0.39, 0.29) is 19.1 Å². The van der Waals surface area contributed by atoms with Crippen molar-refractivity contribution < 1.29 is 9.90 Å². The van der Waals surface area contributed by atoms with Crippen molar-refractivity contribution in [3.05, 3.63) is 35.9 Å². The summed E-state index contributed by atoms with van der Waals surface area (Å²) in [5.41, 5.74) is 0.220. The second-order valence-electron chi connectivity index (χ2n) is 1.65. The number of hydrogen-bond donors (Lipinski definition) is 0. The van der Waals surface area contributed by atoms with Crippen molar-refractivity contribution in [2.24, 2.45) is 0 Å². The summed E-state index contributed by atoms with van der Waals surface area (Å²) < 4.78 is 0. The first-order chi connectivity index (χ1) is 4.30. The first-order valence-electron chi connectivity index (χ1n) is 2.57. The molecule has 1 radical (unpaired) electrons. The van der Waals surface area contributed by atoms with Gasteiger partial charge in [-0.25, -0.2) is 9.90 Å². The third-order valence-corrected chi connectivity index (χ3v) is 1.01. The maximum absolute atomic E-state index is 10.1. The standard InChI is InChI=1S/C7H5O2.H2S/c8-7(9)6-4-2-1-3-5-6;/h1-5H;1H2. The van der Waals surface area contributed by atoms with E-state index in [2.05, 4.69) is 0 Å². The molecular formula is C7H7O2S. The molecule has 0 atom stereocenters. The molecule has 0 aromatic heterocycles. The van der Waals surface area contributed by atoms with Crippen LogP contribution in [0.2, 0.25) is 0 Å². The van der Waals surface area contributed by atoms with E-state index in [0.717, 1.165) is 0 Å². The molecule has 1 aromatic carbocycles. The van der Waals surface area contributed by atoms with Gasteiger partial charge in [-0.3, -0.25) is 0 Å². The molecule has 10 heavy (non-hydrogen) atoms. The van der Waals surface area contributed by atoms with E-state index in [1.165, 1.54) is 12.1 Å². The Kier molecular flexibility index (Phi) is 3.57. The predicted molar refractivity (Wildman–Crippen MR) is 41.8 cm³/mol. The normalized spacial score (nSPS) is 8.00. The monoisotopic (exact) mass is 155 g/mol. The summed E-state index contributed by atoms with van der Waals surface area (Å²) in [6.45, 7) is 0. The molecule has 0 aliphatic heterocycles. The van der Waals surface area contributed by atoms with Crippen LogP contribution in [-0.2, 0) is 5.11 Å². The Balaban J connectivity index is 0.000000810. The Morgan fingerprint density at radius 2 is 1.60 bits per heavy atom. The second kappa shape index (κ2) is 3.95. The van der Waals surface area contributed by atoms with Gasteiger partial charge in [-0.2, -0.15) is 13.5 Å². The quantitative estimate of drug-likeness (QED) is 0.603. The van der Waals surface area contributed by atoms with Crippen LogP contribution in [0.15, 0.2) is 30.3 Å². The fourth-order valence-corrected chi connectivity index (χ4v) is 0.574. The minimum Gasteiger partial charge on any atom is -0.242 e. The topological polar surface area (TPSA) is 37.0 Å². The van der Waals surface area contributed by atoms with Gasteiger partial charge in [0, 0.05) is 0 Å². The van der Waals surface area contributed by atoms with Crippen LogP contribution in [0, 0.1) is 0 Å². The second-order valence-corrected chi connectivity index (χ2v) is 1.65. The van der Waals surface area contributed by atoms with Crippen molar-refractivity contribution in [1.82, 2.24) is 0 Å². The number of carbonyl (C=O) groups is 1. The van der Waals surface area contributed by atoms with Crippen LogP contribution in [0.4, 0.5) is 0 Å². The molecule has 3 heteroatoms. The number of carbonyl (C=O) groups excluding carboxylic acids is 1. The fraction of sp³-hybridized carbons (Fsp3) is 0. The lowest BCUT2D eigenvalue weighted by atomic mass is 10.2. The fourth-order valence-electron chi connectivity index (χ4n) is 0.574. The third-order valence-electron chi connectivity index (χ3n) is 1.01. The first-order valence-corrected chi connectivity index (χ1v) is 2.57. The highest BCUT2D eigenvalue weighted by Gasteiger charge is 1.99. The molecule has 0 saturated carbocycles. The Morgan fingerprint density at radius 1 is 1.10 bits per heavy atom. The van der Waals surface area contributed by atoms with E-state index in [4.69, 9.17) is 0 Å². The van der Waals surface area contributed by atoms with Crippen molar-refractivity contribution in [2.75, 3.05) is 0 Å². The Bertz CT molecular complexity index is 208. The molecular weight excluding hydrogens is 148 g/mol. The summed E-state index contributed by atoms with van der Waals surface area (Å²) in [6.07, 6.45) is 0. The van der Waals surface area contributed by atoms with Crippen molar-refractivity contribution in [1.29, 1.82) is 0 Å². The minimum atomic E-state index is -1.13. The molecule has 0 N–H and O–H groups in total. The Morgan fingerprint density at radius 3 is 1.90 bits per heavy atom. The van der Waals surface area contributed by atoms with E-state index < -0.39 is 5.97 Å². The summed E-state index contributed by atoms with van der Waals surface area (Å²) in [4.78, 5) is 10.1. The van der Waals surface area contributed by atoms with Crippen LogP contribution in [0.3, 0.4) is 0 Å². The lowest BCUT2D eigenvalue weighted by molar-refractivity contribution is 0.0573. The molecule has 0 unspecified atom stereocenters. The summed E-state index contributed by atoms with van der Waals surface area (Å²) in [5, 5.41) is 10.1. The van der Waals surface area contributed by atoms with E-state index >= 15 is 0 Å². The third kappa shape index (κ3) is 2.11. The molecule has 2 nitrogen and oxygen atoms in total. The van der Waals surface area contributed by atoms with E-state index in [1.54, 1.807) is 18.2 Å². The first kappa shape index (κ1) is 9.04. The average molecular weight is 155 g/mol. The van der Waals surface area contributed by atoms with Crippen LogP contribution < -0.4 is 0 Å². The highest BCUT2D eigenvalue weighted by molar-refractivity contribution is 7.59. The smallest absolute Gasteiger partial charge is 0.242 e. The zero-order chi connectivity index (χ0) is 6.69. The zero-order valence-corrected chi connectivity index (χ0v) is 6.20. The van der Waals surface area contributed by atoms with Gasteiger partial charge in [0.15, 0.2) is 0 Å². The van der Waals surface area contributed by atoms with Gasteiger partial charge in [0.05, 0.1) is 5.56 Å². The maximum atomic E-state index is 10.1. The molecule has 0 fully saturated rings. The van der Waals surface area contributed by atoms with Crippen LogP contribution in [0.25, 0.3) is 0 Å². The van der Waals surface area contributed by atoms with E-state index in [0.29, 0.717) is 0 Å². The highest BCUT2D eigenvalue weighted by Crippen LogP contribution is 1.96. The van der Waals surface area contributed by atoms with Crippen LogP contribution in [0.5, 0.6) is 0 Å². The van der Waals surface area contributed by atoms with Gasteiger partial charge in [-0.15, -0.1) is 0 Å². The largest absolute Gasteiger partial charge is 0.386 e. The van der Waals surface area contributed by atoms with Gasteiger partial charge in [0.1, 0.15) is 0 Å². The van der Waals surface area contributed by atoms with Gasteiger partial charge < -0.3 is 0 Å². The zero-order valence-electron chi connectivity index (χ0n) is 5.20. The van der Waals surface area contributed by atoms with E-state index in [1.807, 2.05) is 0 Å². The molecule has 0 saturated heterocycles. The van der Waals surface area contributed by atoms with Crippen LogP contribution in [-0.4, -0.2) is 5.97 Å². The molecule has 0 aliphatic rings. The van der Waals surface area contributed by atoms with Gasteiger partial charge in [0.25, 0.3) is 0 Å². The Hall–Kier alpha value is -0.960. The Labute approximate surface area is 65.9 Å². The van der Waals surface area contributed by atoms with Crippen LogP contribution in [0.1, 0.15) is 10.4 Å². The van der Waals surface area contributed by atoms with Crippen molar-refractivity contribution in [3.63, 3.8) is 0 Å². The SMILES string of the molecule is S.[O]C(=O)c1ccccc1. The highest BCUT2D eigenvalue weighted by atomic mass is 32.1.